The summed E-state index contributed by atoms with van der Waals surface area (Å²) in [7, 11) is 8.51. The summed E-state index contributed by atoms with van der Waals surface area (Å²) in [6.45, 7) is 8.04. The number of rotatable bonds is 11. The molecular formula is C70H74Cl6N8O21S2. The van der Waals surface area contributed by atoms with Gasteiger partial charge in [0.15, 0.2) is 52.8 Å². The standard InChI is InChI=1S/C36H39Cl3N4O11S.C34H35Cl3N4O10S/c1-15-7-18-8-20-21(9-40)43-22-10-49-34(45)19(41-35(46)50-12-36(37,38)39)11-55-33(25-24(22)32-30(52-14-53-32)16(2)29(25)54-17(3)44)27(43)26(42(20)4)23(18)31(28(15)48-6)51-13-47-5;1-13-6-16-7-18-19(8-38)41-20-9-47-32(44)17(39-33(45)48-11-34(35,36)37)10-52-31(25(41)24(40(18)4)21(16)26(43)27(13)46-5)23-22(20)30-29(49-12-50-30)14(2)28(23)51-15(3)42/h7,19-22,26-27,33H,8,10-14H2,1-6H3,(H,41,46);6,17-20,24-25,31,43H,7,9-12H2,1-5H3,(H,39,45)/t19-,20+,21+,22+,26-,27?,33-;17-,18+,19+,20+,24-,25?,31-/m11/s1. The van der Waals surface area contributed by atoms with E-state index in [0.717, 1.165) is 27.8 Å². The molecule has 29 nitrogen and oxygen atoms in total. The highest BCUT2D eigenvalue weighted by molar-refractivity contribution is 7.99. The van der Waals surface area contributed by atoms with Crippen molar-refractivity contribution in [2.75, 3.05) is 93.7 Å². The third-order valence-electron chi connectivity index (χ3n) is 20.9. The highest BCUT2D eigenvalue weighted by Gasteiger charge is 2.64. The molecule has 3 N–H and O–H groups in total. The number of phenolic OH excluding ortho intramolecular Hbond substituents is 1. The summed E-state index contributed by atoms with van der Waals surface area (Å²) in [5.41, 5.74) is 8.42. The van der Waals surface area contributed by atoms with Gasteiger partial charge in [0.1, 0.15) is 62.1 Å². The molecule has 4 aromatic rings. The molecule has 37 heteroatoms. The van der Waals surface area contributed by atoms with Crippen LogP contribution in [0.2, 0.25) is 0 Å². The fourth-order valence-corrected chi connectivity index (χ4v) is 20.4. The lowest BCUT2D eigenvalue weighted by Crippen LogP contribution is -2.69. The van der Waals surface area contributed by atoms with E-state index in [1.54, 1.807) is 21.0 Å². The number of aryl methyl sites for hydroxylation is 2. The Bertz CT molecular complexity index is 4410. The molecule has 8 bridgehead atoms. The molecule has 574 valence electrons. The number of methoxy groups -OCH3 is 3. The van der Waals surface area contributed by atoms with E-state index in [0.29, 0.717) is 92.0 Å². The summed E-state index contributed by atoms with van der Waals surface area (Å²) in [5.74, 6) is 0.790. The second kappa shape index (κ2) is 30.6. The van der Waals surface area contributed by atoms with E-state index in [4.69, 9.17) is 136 Å². The van der Waals surface area contributed by atoms with Gasteiger partial charge in [-0.05, 0) is 76.9 Å². The predicted octanol–water partition coefficient (Wildman–Crippen LogP) is 9.67. The van der Waals surface area contributed by atoms with Crippen molar-refractivity contribution in [2.24, 2.45) is 0 Å². The first-order valence-corrected chi connectivity index (χ1v) is 38.1. The highest BCUT2D eigenvalue weighted by Crippen LogP contribution is 2.67. The van der Waals surface area contributed by atoms with Crippen molar-refractivity contribution in [3.8, 4) is 69.6 Å². The Morgan fingerprint density at radius 3 is 1.40 bits per heavy atom. The number of hydrogen-bond acceptors (Lipinski definition) is 29. The van der Waals surface area contributed by atoms with E-state index in [9.17, 15) is 44.4 Å². The average molecular weight is 1640 g/mol. The third-order valence-corrected chi connectivity index (χ3v) is 24.4. The first-order chi connectivity index (χ1) is 50.9. The lowest BCUT2D eigenvalue weighted by Gasteiger charge is -2.61. The van der Waals surface area contributed by atoms with E-state index < -0.39 is 128 Å². The molecule has 2 unspecified atom stereocenters. The SMILES string of the molecule is COCOc1c(OC)c(C)cc2c1[C@@H]1C3[C@@H]4SC[C@@H](NC(=O)OCC(Cl)(Cl)Cl)C(=O)OC[C@@H](c5c6c(c(C)c(OC(C)=O)c54)OCO6)N3[C@@H](C#N)[C@H](C2)N1C.COc1c(C)cc2c(c1O)[C@@H]1C3[C@@H]4SC[C@@H](NC(=O)OCC(Cl)(Cl)Cl)C(=O)OC[C@@H](c5c6c(c(C)c(OC(C)=O)c54)OCO6)N3[C@@H](C#N)[C@H](C2)N1C. The number of nitrogens with one attached hydrogen (secondary N) is 2. The Kier molecular flexibility index (Phi) is 22.4. The number of amides is 2. The lowest BCUT2D eigenvalue weighted by molar-refractivity contribution is -0.152. The quantitative estimate of drug-likeness (QED) is 0.0413. The zero-order valence-corrected chi connectivity index (χ0v) is 65.6. The molecule has 4 saturated heterocycles. The number of fused-ring (bicyclic) bond motifs is 18. The van der Waals surface area contributed by atoms with Gasteiger partial charge in [-0.2, -0.15) is 10.5 Å². The fourth-order valence-electron chi connectivity index (χ4n) is 17.0. The van der Waals surface area contributed by atoms with Crippen molar-refractivity contribution in [3.05, 3.63) is 78.9 Å². The highest BCUT2D eigenvalue weighted by atomic mass is 35.6. The van der Waals surface area contributed by atoms with Crippen LogP contribution in [0.4, 0.5) is 9.59 Å². The largest absolute Gasteiger partial charge is 0.504 e. The number of carbonyl (C=O) groups excluding carboxylic acids is 6. The van der Waals surface area contributed by atoms with Crippen LogP contribution in [0.3, 0.4) is 0 Å². The summed E-state index contributed by atoms with van der Waals surface area (Å²) in [4.78, 5) is 87.2. The minimum Gasteiger partial charge on any atom is -0.504 e. The maximum atomic E-state index is 13.8. The number of ether oxygens (including phenoxy) is 14. The third kappa shape index (κ3) is 14.1. The molecule has 0 saturated carbocycles. The molecule has 4 aromatic carbocycles. The number of nitrogens with zero attached hydrogens (tertiary/aromatic N) is 6. The number of hydrogen-bond donors (Lipinski definition) is 3. The fraction of sp³-hybridized carbons (Fsp3) is 0.543. The molecule has 10 heterocycles. The van der Waals surface area contributed by atoms with Crippen LogP contribution in [0, 0.1) is 50.4 Å². The summed E-state index contributed by atoms with van der Waals surface area (Å²) < 4.78 is 77.8. The number of alkyl carbamates (subject to hydrolysis) is 2. The molecule has 10 aliphatic rings. The van der Waals surface area contributed by atoms with Gasteiger partial charge in [-0.3, -0.25) is 29.2 Å². The predicted molar refractivity (Wildman–Crippen MR) is 388 cm³/mol. The maximum absolute atomic E-state index is 13.8. The van der Waals surface area contributed by atoms with Crippen LogP contribution >= 0.6 is 93.1 Å². The van der Waals surface area contributed by atoms with Gasteiger partial charge >= 0.3 is 36.1 Å². The first kappa shape index (κ1) is 78.1. The number of likely N-dealkylation sites (N-methyl/N-ethyl adjacent to an activating group) is 2. The van der Waals surface area contributed by atoms with Crippen molar-refractivity contribution in [1.82, 2.24) is 30.2 Å². The van der Waals surface area contributed by atoms with Crippen molar-refractivity contribution in [2.45, 2.75) is 145 Å². The number of cyclic esters (lactones) is 2. The molecule has 10 aliphatic heterocycles. The number of benzene rings is 4. The number of phenols is 1. The normalized spacial score (nSPS) is 27.2. The van der Waals surface area contributed by atoms with Crippen LogP contribution in [0.1, 0.15) is 115 Å². The molecule has 14 atom stereocenters. The molecule has 0 aliphatic carbocycles. The van der Waals surface area contributed by atoms with E-state index in [2.05, 4.69) is 48.4 Å². The number of thioether (sulfide) groups is 2. The Morgan fingerprint density at radius 1 is 0.589 bits per heavy atom. The van der Waals surface area contributed by atoms with E-state index in [-0.39, 0.29) is 74.4 Å². The van der Waals surface area contributed by atoms with Gasteiger partial charge in [-0.15, -0.1) is 23.5 Å². The van der Waals surface area contributed by atoms with Gasteiger partial charge in [0, 0.05) is 101 Å². The molecular weight excluding hydrogens is 1570 g/mol. The zero-order valence-electron chi connectivity index (χ0n) is 59.4. The number of esters is 4. The van der Waals surface area contributed by atoms with Crippen LogP contribution in [0.25, 0.3) is 0 Å². The van der Waals surface area contributed by atoms with Crippen LogP contribution in [0.15, 0.2) is 12.1 Å². The number of alkyl halides is 6. The summed E-state index contributed by atoms with van der Waals surface area (Å²) in [6.07, 6.45) is -1.05. The van der Waals surface area contributed by atoms with Gasteiger partial charge in [0.2, 0.25) is 21.2 Å². The van der Waals surface area contributed by atoms with Crippen LogP contribution in [-0.4, -0.2) is 210 Å². The van der Waals surface area contributed by atoms with Gasteiger partial charge < -0.3 is 82.1 Å². The van der Waals surface area contributed by atoms with Gasteiger partial charge in [-0.25, -0.2) is 19.2 Å². The van der Waals surface area contributed by atoms with Crippen molar-refractivity contribution in [3.63, 3.8) is 0 Å². The van der Waals surface area contributed by atoms with Crippen LogP contribution in [0.5, 0.6) is 57.5 Å². The maximum Gasteiger partial charge on any atom is 0.408 e. The smallest absolute Gasteiger partial charge is 0.408 e. The van der Waals surface area contributed by atoms with Crippen molar-refractivity contribution in [1.29, 1.82) is 10.5 Å². The summed E-state index contributed by atoms with van der Waals surface area (Å²) in [5, 5.41) is 37.7. The Labute approximate surface area is 653 Å². The number of aromatic hydroxyl groups is 1. The van der Waals surface area contributed by atoms with Crippen molar-refractivity contribution < 1.29 is 100 Å². The molecule has 4 fully saturated rings. The topological polar surface area (TPSA) is 336 Å². The van der Waals surface area contributed by atoms with Gasteiger partial charge in [0.05, 0.1) is 61.0 Å². The summed E-state index contributed by atoms with van der Waals surface area (Å²) in [6, 6.07) is 0.925. The molecule has 2 amide bonds. The minimum atomic E-state index is -1.88. The van der Waals surface area contributed by atoms with E-state index >= 15 is 0 Å². The molecule has 0 spiro atoms. The number of nitriles is 2. The average Bonchev–Trinajstić information content (AvgIpc) is 1.30. The minimum absolute atomic E-state index is 0.00825. The molecule has 107 heavy (non-hydrogen) atoms. The van der Waals surface area contributed by atoms with E-state index in [1.807, 2.05) is 34.0 Å². The van der Waals surface area contributed by atoms with E-state index in [1.165, 1.54) is 51.6 Å². The number of carbonyl (C=O) groups is 6. The number of piperazine rings is 2. The monoisotopic (exact) mass is 1640 g/mol. The Hall–Kier alpha value is -7.08. The second-order valence-electron chi connectivity index (χ2n) is 27.1. The van der Waals surface area contributed by atoms with Crippen molar-refractivity contribution >= 4 is 129 Å². The van der Waals surface area contributed by atoms with Crippen LogP contribution < -0.4 is 53.3 Å². The van der Waals surface area contributed by atoms with Gasteiger partial charge in [0.25, 0.3) is 0 Å². The van der Waals surface area contributed by atoms with Crippen LogP contribution in [-0.2, 0) is 55.7 Å². The molecule has 14 rings (SSSR count). The molecule has 0 aromatic heterocycles. The Morgan fingerprint density at radius 2 is 1.00 bits per heavy atom. The first-order valence-electron chi connectivity index (χ1n) is 33.7. The lowest BCUT2D eigenvalue weighted by atomic mass is 9.71. The zero-order chi connectivity index (χ0) is 76.9. The number of halogens is 6. The molecule has 0 radical (unpaired) electrons. The summed E-state index contributed by atoms with van der Waals surface area (Å²) >= 11 is 37.3. The second-order valence-corrected chi connectivity index (χ2v) is 34.5. The Balaban J connectivity index is 0.000000189. The van der Waals surface area contributed by atoms with Gasteiger partial charge in [-0.1, -0.05) is 81.7 Å².